The summed E-state index contributed by atoms with van der Waals surface area (Å²) in [5, 5.41) is 5.51. The molecule has 0 saturated heterocycles. The number of H-pyrrole nitrogens is 2. The summed E-state index contributed by atoms with van der Waals surface area (Å²) in [6.45, 7) is 2.11. The molecule has 3 N–H and O–H groups in total. The number of rotatable bonds is 3. The maximum Gasteiger partial charge on any atom is 0.323 e. The highest BCUT2D eigenvalue weighted by Gasteiger charge is 2.10. The SMILES string of the molecule is CC(Nc1cc2[nH]c(=O)[nH]c2cc1Br)c1cccs1. The summed E-state index contributed by atoms with van der Waals surface area (Å²) in [6, 6.07) is 8.20. The van der Waals surface area contributed by atoms with E-state index in [1.165, 1.54) is 4.88 Å². The van der Waals surface area contributed by atoms with Gasteiger partial charge >= 0.3 is 5.69 Å². The van der Waals surface area contributed by atoms with E-state index in [0.717, 1.165) is 21.2 Å². The Morgan fingerprint density at radius 1 is 1.32 bits per heavy atom. The lowest BCUT2D eigenvalue weighted by Gasteiger charge is -2.15. The smallest absolute Gasteiger partial charge is 0.323 e. The third-order valence-electron chi connectivity index (χ3n) is 2.95. The van der Waals surface area contributed by atoms with Crippen LogP contribution in [-0.2, 0) is 0 Å². The topological polar surface area (TPSA) is 60.7 Å². The van der Waals surface area contributed by atoms with Gasteiger partial charge < -0.3 is 15.3 Å². The molecule has 0 aliphatic carbocycles. The summed E-state index contributed by atoms with van der Waals surface area (Å²) < 4.78 is 0.929. The quantitative estimate of drug-likeness (QED) is 0.679. The molecule has 0 saturated carbocycles. The maximum absolute atomic E-state index is 11.3. The van der Waals surface area contributed by atoms with E-state index in [0.29, 0.717) is 0 Å². The lowest BCUT2D eigenvalue weighted by Crippen LogP contribution is -2.05. The second-order valence-electron chi connectivity index (χ2n) is 4.34. The molecule has 0 radical (unpaired) electrons. The van der Waals surface area contributed by atoms with Gasteiger partial charge in [0, 0.05) is 9.35 Å². The Bertz CT molecular complexity index is 760. The van der Waals surface area contributed by atoms with Crippen molar-refractivity contribution in [3.63, 3.8) is 0 Å². The third kappa shape index (κ3) is 2.46. The number of halogens is 1. The number of anilines is 1. The molecule has 1 atom stereocenters. The summed E-state index contributed by atoms with van der Waals surface area (Å²) in [4.78, 5) is 18.1. The van der Waals surface area contributed by atoms with Gasteiger partial charge in [0.2, 0.25) is 0 Å². The first-order chi connectivity index (χ1) is 9.13. The van der Waals surface area contributed by atoms with Crippen LogP contribution in [-0.4, -0.2) is 9.97 Å². The van der Waals surface area contributed by atoms with E-state index < -0.39 is 0 Å². The van der Waals surface area contributed by atoms with Crippen LogP contribution in [0.25, 0.3) is 11.0 Å². The van der Waals surface area contributed by atoms with E-state index in [-0.39, 0.29) is 11.7 Å². The lowest BCUT2D eigenvalue weighted by atomic mass is 10.2. The molecule has 2 heterocycles. The minimum Gasteiger partial charge on any atom is -0.377 e. The molecule has 0 aliphatic heterocycles. The number of aromatic nitrogens is 2. The highest BCUT2D eigenvalue weighted by molar-refractivity contribution is 9.10. The van der Waals surface area contributed by atoms with Crippen LogP contribution in [0.4, 0.5) is 5.69 Å². The van der Waals surface area contributed by atoms with Crippen molar-refractivity contribution in [2.75, 3.05) is 5.32 Å². The number of nitrogens with one attached hydrogen (secondary N) is 3. The third-order valence-corrected chi connectivity index (χ3v) is 4.66. The van der Waals surface area contributed by atoms with Crippen molar-refractivity contribution in [1.82, 2.24) is 9.97 Å². The van der Waals surface area contributed by atoms with Crippen LogP contribution < -0.4 is 11.0 Å². The van der Waals surface area contributed by atoms with Crippen LogP contribution >= 0.6 is 27.3 Å². The van der Waals surface area contributed by atoms with Crippen LogP contribution in [0, 0.1) is 0 Å². The lowest BCUT2D eigenvalue weighted by molar-refractivity contribution is 0.907. The molecule has 2 aromatic heterocycles. The van der Waals surface area contributed by atoms with Gasteiger partial charge in [-0.1, -0.05) is 6.07 Å². The zero-order valence-electron chi connectivity index (χ0n) is 10.2. The van der Waals surface area contributed by atoms with Crippen molar-refractivity contribution in [1.29, 1.82) is 0 Å². The van der Waals surface area contributed by atoms with Gasteiger partial charge in [-0.2, -0.15) is 0 Å². The normalized spacial score (nSPS) is 12.7. The number of hydrogen-bond donors (Lipinski definition) is 3. The molecule has 0 fully saturated rings. The van der Waals surface area contributed by atoms with Crippen molar-refractivity contribution in [2.24, 2.45) is 0 Å². The van der Waals surface area contributed by atoms with E-state index >= 15 is 0 Å². The molecule has 0 spiro atoms. The Morgan fingerprint density at radius 3 is 2.74 bits per heavy atom. The first-order valence-corrected chi connectivity index (χ1v) is 7.52. The summed E-state index contributed by atoms with van der Waals surface area (Å²) in [6.07, 6.45) is 0. The van der Waals surface area contributed by atoms with Gasteiger partial charge in [0.05, 0.1) is 22.8 Å². The Kier molecular flexibility index (Phi) is 3.20. The van der Waals surface area contributed by atoms with E-state index in [1.807, 2.05) is 18.2 Å². The molecule has 3 aromatic rings. The predicted octanol–water partition coefficient (Wildman–Crippen LogP) is 3.85. The molecule has 19 heavy (non-hydrogen) atoms. The number of hydrogen-bond acceptors (Lipinski definition) is 3. The standard InChI is InChI=1S/C13H12BrN3OS/c1-7(12-3-2-4-19-12)15-9-6-11-10(5-8(9)14)16-13(18)17-11/h2-7,15H,1H3,(H2,16,17,18). The van der Waals surface area contributed by atoms with Crippen LogP contribution in [0.1, 0.15) is 17.8 Å². The van der Waals surface area contributed by atoms with Crippen molar-refractivity contribution in [2.45, 2.75) is 13.0 Å². The number of benzene rings is 1. The number of fused-ring (bicyclic) bond motifs is 1. The molecule has 0 amide bonds. The highest BCUT2D eigenvalue weighted by Crippen LogP contribution is 2.30. The van der Waals surface area contributed by atoms with E-state index in [2.05, 4.69) is 49.6 Å². The van der Waals surface area contributed by atoms with Crippen LogP contribution in [0.5, 0.6) is 0 Å². The summed E-state index contributed by atoms with van der Waals surface area (Å²) in [5.74, 6) is 0. The molecule has 98 valence electrons. The zero-order valence-corrected chi connectivity index (χ0v) is 12.6. The maximum atomic E-state index is 11.3. The fraction of sp³-hybridized carbons (Fsp3) is 0.154. The van der Waals surface area contributed by atoms with E-state index in [9.17, 15) is 4.79 Å². The Hall–Kier alpha value is -1.53. The molecule has 6 heteroatoms. The number of imidazole rings is 1. The highest BCUT2D eigenvalue weighted by atomic mass is 79.9. The fourth-order valence-corrected chi connectivity index (χ4v) is 3.20. The number of thiophene rings is 1. The van der Waals surface area contributed by atoms with E-state index in [4.69, 9.17) is 0 Å². The monoisotopic (exact) mass is 337 g/mol. The van der Waals surface area contributed by atoms with Gasteiger partial charge in [0.25, 0.3) is 0 Å². The average Bonchev–Trinajstić information content (AvgIpc) is 2.97. The molecule has 3 rings (SSSR count). The first kappa shape index (κ1) is 12.5. The molecular formula is C13H12BrN3OS. The molecular weight excluding hydrogens is 326 g/mol. The van der Waals surface area contributed by atoms with Gasteiger partial charge in [0.1, 0.15) is 0 Å². The van der Waals surface area contributed by atoms with Crippen LogP contribution in [0.2, 0.25) is 0 Å². The van der Waals surface area contributed by atoms with Gasteiger partial charge in [-0.05, 0) is 46.4 Å². The Balaban J connectivity index is 1.96. The fourth-order valence-electron chi connectivity index (χ4n) is 2.01. The summed E-state index contributed by atoms with van der Waals surface area (Å²) >= 11 is 5.25. The predicted molar refractivity (Wildman–Crippen MR) is 83.0 cm³/mol. The second-order valence-corrected chi connectivity index (χ2v) is 6.17. The zero-order chi connectivity index (χ0) is 13.4. The van der Waals surface area contributed by atoms with Crippen LogP contribution in [0.15, 0.2) is 38.9 Å². The number of aromatic amines is 2. The van der Waals surface area contributed by atoms with Gasteiger partial charge in [0.15, 0.2) is 0 Å². The van der Waals surface area contributed by atoms with Crippen molar-refractivity contribution < 1.29 is 0 Å². The minimum absolute atomic E-state index is 0.189. The molecule has 1 aromatic carbocycles. The second kappa shape index (κ2) is 4.86. The van der Waals surface area contributed by atoms with Crippen molar-refractivity contribution >= 4 is 44.0 Å². The minimum atomic E-state index is -0.189. The summed E-state index contributed by atoms with van der Waals surface area (Å²) in [5.41, 5.74) is 2.37. The largest absolute Gasteiger partial charge is 0.377 e. The van der Waals surface area contributed by atoms with Gasteiger partial charge in [-0.15, -0.1) is 11.3 Å². The molecule has 0 bridgehead atoms. The molecule has 4 nitrogen and oxygen atoms in total. The molecule has 1 unspecified atom stereocenters. The van der Waals surface area contributed by atoms with Gasteiger partial charge in [-0.25, -0.2) is 4.79 Å². The Morgan fingerprint density at radius 2 is 2.05 bits per heavy atom. The average molecular weight is 338 g/mol. The van der Waals surface area contributed by atoms with Crippen molar-refractivity contribution in [3.8, 4) is 0 Å². The molecule has 0 aliphatic rings. The Labute approximate surface area is 122 Å². The van der Waals surface area contributed by atoms with Gasteiger partial charge in [-0.3, -0.25) is 0 Å². The van der Waals surface area contributed by atoms with Crippen LogP contribution in [0.3, 0.4) is 0 Å². The first-order valence-electron chi connectivity index (χ1n) is 5.85. The van der Waals surface area contributed by atoms with Crippen molar-refractivity contribution in [3.05, 3.63) is 49.5 Å². The van der Waals surface area contributed by atoms with E-state index in [1.54, 1.807) is 11.3 Å². The summed E-state index contributed by atoms with van der Waals surface area (Å²) in [7, 11) is 0.